The van der Waals surface area contributed by atoms with Crippen molar-refractivity contribution in [3.63, 3.8) is 0 Å². The number of benzene rings is 2. The molecule has 0 bridgehead atoms. The highest BCUT2D eigenvalue weighted by Crippen LogP contribution is 2.32. The van der Waals surface area contributed by atoms with E-state index in [2.05, 4.69) is 32.3 Å². The molecule has 2 aromatic carbocycles. The van der Waals surface area contributed by atoms with Crippen molar-refractivity contribution in [2.75, 3.05) is 19.0 Å². The summed E-state index contributed by atoms with van der Waals surface area (Å²) in [6.45, 7) is 0.731. The minimum atomic E-state index is -0.211. The number of fused-ring (bicyclic) bond motifs is 1. The van der Waals surface area contributed by atoms with Gasteiger partial charge in [0.2, 0.25) is 0 Å². The average Bonchev–Trinajstić information content (AvgIpc) is 3.30. The number of nitrogens with one attached hydrogen (secondary N) is 1. The van der Waals surface area contributed by atoms with Crippen molar-refractivity contribution in [2.24, 2.45) is 0 Å². The second-order valence-corrected chi connectivity index (χ2v) is 7.47. The summed E-state index contributed by atoms with van der Waals surface area (Å²) in [5, 5.41) is 5.35. The summed E-state index contributed by atoms with van der Waals surface area (Å²) < 4.78 is 11.4. The van der Waals surface area contributed by atoms with Crippen molar-refractivity contribution >= 4 is 38.3 Å². The van der Waals surface area contributed by atoms with Crippen molar-refractivity contribution in [3.8, 4) is 22.8 Å². The van der Waals surface area contributed by atoms with Crippen LogP contribution in [0.4, 0.5) is 5.13 Å². The summed E-state index contributed by atoms with van der Waals surface area (Å²) in [5.41, 5.74) is 3.60. The first-order chi connectivity index (χ1) is 12.6. The Morgan fingerprint density at radius 1 is 1.31 bits per heavy atom. The molecule has 4 rings (SSSR count). The molecule has 0 atom stereocenters. The maximum absolute atomic E-state index is 12.4. The van der Waals surface area contributed by atoms with Gasteiger partial charge in [0, 0.05) is 22.9 Å². The lowest BCUT2D eigenvalue weighted by molar-refractivity contribution is 0.102. The maximum Gasteiger partial charge on any atom is 0.257 e. The number of halogens is 1. The van der Waals surface area contributed by atoms with E-state index >= 15 is 0 Å². The molecule has 0 spiro atoms. The summed E-state index contributed by atoms with van der Waals surface area (Å²) in [4.78, 5) is 17.0. The zero-order valence-electron chi connectivity index (χ0n) is 13.9. The lowest BCUT2D eigenvalue weighted by Gasteiger charge is -2.06. The molecule has 0 aliphatic carbocycles. The normalized spacial score (nSPS) is 12.4. The van der Waals surface area contributed by atoms with Gasteiger partial charge in [-0.25, -0.2) is 4.98 Å². The van der Waals surface area contributed by atoms with Crippen LogP contribution in [0.2, 0.25) is 0 Å². The summed E-state index contributed by atoms with van der Waals surface area (Å²) in [6, 6.07) is 11.3. The van der Waals surface area contributed by atoms with E-state index in [1.54, 1.807) is 25.3 Å². The fourth-order valence-electron chi connectivity index (χ4n) is 2.79. The van der Waals surface area contributed by atoms with E-state index in [9.17, 15) is 4.79 Å². The lowest BCUT2D eigenvalue weighted by atomic mass is 10.1. The van der Waals surface area contributed by atoms with E-state index in [4.69, 9.17) is 9.47 Å². The highest BCUT2D eigenvalue weighted by molar-refractivity contribution is 9.10. The smallest absolute Gasteiger partial charge is 0.257 e. The molecule has 5 nitrogen and oxygen atoms in total. The molecule has 0 unspecified atom stereocenters. The number of carbonyl (C=O) groups excluding carboxylic acids is 1. The molecule has 1 aromatic heterocycles. The number of hydrogen-bond donors (Lipinski definition) is 1. The molecule has 2 heterocycles. The van der Waals surface area contributed by atoms with Gasteiger partial charge in [-0.05, 0) is 57.9 Å². The van der Waals surface area contributed by atoms with Crippen molar-refractivity contribution in [1.29, 1.82) is 0 Å². The van der Waals surface area contributed by atoms with Crippen LogP contribution in [-0.4, -0.2) is 24.6 Å². The molecule has 26 heavy (non-hydrogen) atoms. The Morgan fingerprint density at radius 3 is 3.00 bits per heavy atom. The highest BCUT2D eigenvalue weighted by Gasteiger charge is 2.15. The van der Waals surface area contributed by atoms with Crippen molar-refractivity contribution in [2.45, 2.75) is 6.42 Å². The molecule has 0 saturated carbocycles. The van der Waals surface area contributed by atoms with E-state index in [0.29, 0.717) is 16.4 Å². The fourth-order valence-corrected chi connectivity index (χ4v) is 4.04. The predicted molar refractivity (Wildman–Crippen MR) is 105 cm³/mol. The number of rotatable bonds is 4. The first kappa shape index (κ1) is 17.1. The van der Waals surface area contributed by atoms with Gasteiger partial charge in [0.25, 0.3) is 5.91 Å². The molecule has 3 aromatic rings. The Labute approximate surface area is 163 Å². The van der Waals surface area contributed by atoms with Gasteiger partial charge in [-0.15, -0.1) is 11.3 Å². The van der Waals surface area contributed by atoms with Crippen LogP contribution < -0.4 is 14.8 Å². The number of anilines is 1. The molecule has 0 saturated heterocycles. The van der Waals surface area contributed by atoms with Crippen molar-refractivity contribution in [1.82, 2.24) is 4.98 Å². The first-order valence-electron chi connectivity index (χ1n) is 8.00. The van der Waals surface area contributed by atoms with Crippen molar-refractivity contribution in [3.05, 3.63) is 57.4 Å². The van der Waals surface area contributed by atoms with Gasteiger partial charge in [0.1, 0.15) is 11.5 Å². The van der Waals surface area contributed by atoms with Crippen LogP contribution in [0.3, 0.4) is 0 Å². The largest absolute Gasteiger partial charge is 0.496 e. The third kappa shape index (κ3) is 3.32. The molecule has 0 fully saturated rings. The maximum atomic E-state index is 12.4. The topological polar surface area (TPSA) is 60.5 Å². The van der Waals surface area contributed by atoms with Crippen LogP contribution in [-0.2, 0) is 6.42 Å². The SMILES string of the molecule is COc1ccc(C(=O)Nc2nc(-c3ccc4c(c3)CCO4)cs2)cc1Br. The number of hydrogen-bond acceptors (Lipinski definition) is 5. The standard InChI is InChI=1S/C19H15BrN2O3S/c1-24-17-5-3-13(9-14(17)20)18(23)22-19-21-15(10-26-19)11-2-4-16-12(8-11)6-7-25-16/h2-5,8-10H,6-7H2,1H3,(H,21,22,23). The molecule has 1 aliphatic rings. The summed E-state index contributed by atoms with van der Waals surface area (Å²) in [5.74, 6) is 1.41. The minimum absolute atomic E-state index is 0.211. The fraction of sp³-hybridized carbons (Fsp3) is 0.158. The Bertz CT molecular complexity index is 987. The zero-order valence-corrected chi connectivity index (χ0v) is 16.3. The number of ether oxygens (including phenoxy) is 2. The molecule has 1 aliphatic heterocycles. The molecule has 0 radical (unpaired) electrons. The summed E-state index contributed by atoms with van der Waals surface area (Å²) >= 11 is 4.79. The van der Waals surface area contributed by atoms with Gasteiger partial charge in [-0.1, -0.05) is 0 Å². The number of methoxy groups -OCH3 is 1. The third-order valence-electron chi connectivity index (χ3n) is 4.12. The van der Waals surface area contributed by atoms with Crippen LogP contribution in [0.25, 0.3) is 11.3 Å². The Balaban J connectivity index is 1.51. The Hall–Kier alpha value is -2.38. The molecule has 1 N–H and O–H groups in total. The molecular formula is C19H15BrN2O3S. The van der Waals surface area contributed by atoms with Gasteiger partial charge in [-0.2, -0.15) is 0 Å². The monoisotopic (exact) mass is 430 g/mol. The Kier molecular flexibility index (Phi) is 4.65. The number of aromatic nitrogens is 1. The highest BCUT2D eigenvalue weighted by atomic mass is 79.9. The molecule has 7 heteroatoms. The number of thiazole rings is 1. The summed E-state index contributed by atoms with van der Waals surface area (Å²) in [6.07, 6.45) is 0.920. The number of nitrogens with zero attached hydrogens (tertiary/aromatic N) is 1. The van der Waals surface area contributed by atoms with Crippen LogP contribution >= 0.6 is 27.3 Å². The summed E-state index contributed by atoms with van der Waals surface area (Å²) in [7, 11) is 1.59. The van der Waals surface area contributed by atoms with Gasteiger partial charge >= 0.3 is 0 Å². The van der Waals surface area contributed by atoms with Crippen LogP contribution in [0.1, 0.15) is 15.9 Å². The molecule has 132 valence electrons. The zero-order chi connectivity index (χ0) is 18.1. The van der Waals surface area contributed by atoms with Crippen LogP contribution in [0.5, 0.6) is 11.5 Å². The number of amides is 1. The second-order valence-electron chi connectivity index (χ2n) is 5.76. The van der Waals surface area contributed by atoms with E-state index in [-0.39, 0.29) is 5.91 Å². The predicted octanol–water partition coefficient (Wildman–Crippen LogP) is 4.77. The number of carbonyl (C=O) groups is 1. The first-order valence-corrected chi connectivity index (χ1v) is 9.68. The molecule has 1 amide bonds. The van der Waals surface area contributed by atoms with Gasteiger partial charge < -0.3 is 9.47 Å². The third-order valence-corrected chi connectivity index (χ3v) is 5.50. The van der Waals surface area contributed by atoms with Crippen LogP contribution in [0, 0.1) is 0 Å². The minimum Gasteiger partial charge on any atom is -0.496 e. The van der Waals surface area contributed by atoms with Crippen LogP contribution in [0.15, 0.2) is 46.3 Å². The van der Waals surface area contributed by atoms with E-state index in [1.165, 1.54) is 16.9 Å². The van der Waals surface area contributed by atoms with Gasteiger partial charge in [0.15, 0.2) is 5.13 Å². The Morgan fingerprint density at radius 2 is 2.19 bits per heavy atom. The van der Waals surface area contributed by atoms with Crippen molar-refractivity contribution < 1.29 is 14.3 Å². The van der Waals surface area contributed by atoms with E-state index in [0.717, 1.165) is 34.5 Å². The average molecular weight is 431 g/mol. The van der Waals surface area contributed by atoms with E-state index < -0.39 is 0 Å². The van der Waals surface area contributed by atoms with Gasteiger partial charge in [-0.3, -0.25) is 10.1 Å². The lowest BCUT2D eigenvalue weighted by Crippen LogP contribution is -2.11. The molecular weight excluding hydrogens is 416 g/mol. The second kappa shape index (κ2) is 7.09. The quantitative estimate of drug-likeness (QED) is 0.647. The van der Waals surface area contributed by atoms with E-state index in [1.807, 2.05) is 17.5 Å². The van der Waals surface area contributed by atoms with Gasteiger partial charge in [0.05, 0.1) is 23.9 Å².